The summed E-state index contributed by atoms with van der Waals surface area (Å²) in [6.45, 7) is 0. The Balaban J connectivity index is 1.52. The normalized spacial score (nSPS) is 18.1. The van der Waals surface area contributed by atoms with Crippen LogP contribution in [0, 0.1) is 23.4 Å². The summed E-state index contributed by atoms with van der Waals surface area (Å²) in [6, 6.07) is 9.77. The number of halogens is 7. The number of anilines is 3. The predicted octanol–water partition coefficient (Wildman–Crippen LogP) is 6.77. The maximum atomic E-state index is 14.3. The second-order valence-electron chi connectivity index (χ2n) is 7.76. The molecule has 3 aromatic rings. The van der Waals surface area contributed by atoms with E-state index in [4.69, 9.17) is 52.1 Å². The molecule has 1 fully saturated rings. The monoisotopic (exact) mass is 561 g/mol. The number of nitrogen functional groups attached to an aromatic ring is 1. The lowest BCUT2D eigenvalue weighted by atomic mass is 10.1. The highest BCUT2D eigenvalue weighted by molar-refractivity contribution is 6.53. The molecular formula is C23H14Cl4F3N3O2. The Hall–Kier alpha value is -2.65. The van der Waals surface area contributed by atoms with E-state index in [9.17, 15) is 22.8 Å². The zero-order valence-electron chi connectivity index (χ0n) is 17.3. The SMILES string of the molecule is Nc1c(F)ccc(NC(=O)c2cc(NC(=O)C3[C@H](c4ccc(Cl)c(Cl)c4)C3(Cl)Cl)ccc2F)c1F. The molecule has 2 amide bonds. The van der Waals surface area contributed by atoms with Crippen molar-refractivity contribution in [3.8, 4) is 0 Å². The molecule has 0 aliphatic heterocycles. The largest absolute Gasteiger partial charge is 0.394 e. The van der Waals surface area contributed by atoms with Gasteiger partial charge in [0.25, 0.3) is 5.91 Å². The lowest BCUT2D eigenvalue weighted by Crippen LogP contribution is -2.19. The summed E-state index contributed by atoms with van der Waals surface area (Å²) in [5.74, 6) is -6.25. The van der Waals surface area contributed by atoms with E-state index in [1.54, 1.807) is 18.2 Å². The molecule has 0 radical (unpaired) electrons. The van der Waals surface area contributed by atoms with Crippen LogP contribution in [0.25, 0.3) is 0 Å². The first-order chi connectivity index (χ1) is 16.4. The molecule has 1 saturated carbocycles. The molecule has 12 heteroatoms. The molecule has 3 aromatic carbocycles. The Morgan fingerprint density at radius 2 is 1.57 bits per heavy atom. The van der Waals surface area contributed by atoms with Gasteiger partial charge in [-0.3, -0.25) is 9.59 Å². The molecule has 0 spiro atoms. The van der Waals surface area contributed by atoms with E-state index < -0.39 is 62.4 Å². The first-order valence-electron chi connectivity index (χ1n) is 9.89. The van der Waals surface area contributed by atoms with Crippen molar-refractivity contribution in [1.82, 2.24) is 0 Å². The van der Waals surface area contributed by atoms with E-state index in [1.807, 2.05) is 0 Å². The Labute approximate surface area is 217 Å². The van der Waals surface area contributed by atoms with Crippen LogP contribution in [0.3, 0.4) is 0 Å². The van der Waals surface area contributed by atoms with Gasteiger partial charge in [0.15, 0.2) is 5.82 Å². The topological polar surface area (TPSA) is 84.2 Å². The van der Waals surface area contributed by atoms with Gasteiger partial charge in [0, 0.05) is 11.6 Å². The van der Waals surface area contributed by atoms with Crippen molar-refractivity contribution in [2.45, 2.75) is 10.3 Å². The number of carbonyl (C=O) groups excluding carboxylic acids is 2. The molecule has 35 heavy (non-hydrogen) atoms. The average Bonchev–Trinajstić information content (AvgIpc) is 3.39. The highest BCUT2D eigenvalue weighted by Crippen LogP contribution is 2.65. The summed E-state index contributed by atoms with van der Waals surface area (Å²) in [5, 5.41) is 5.26. The molecule has 0 aromatic heterocycles. The number of nitrogens with one attached hydrogen (secondary N) is 2. The van der Waals surface area contributed by atoms with E-state index in [2.05, 4.69) is 10.6 Å². The highest BCUT2D eigenvalue weighted by atomic mass is 35.5. The van der Waals surface area contributed by atoms with Crippen molar-refractivity contribution >= 4 is 75.3 Å². The van der Waals surface area contributed by atoms with Crippen LogP contribution in [0.2, 0.25) is 10.0 Å². The lowest BCUT2D eigenvalue weighted by molar-refractivity contribution is -0.117. The molecule has 1 aliphatic carbocycles. The molecule has 4 rings (SSSR count). The number of hydrogen-bond donors (Lipinski definition) is 3. The summed E-state index contributed by atoms with van der Waals surface area (Å²) in [7, 11) is 0. The summed E-state index contributed by atoms with van der Waals surface area (Å²) in [5.41, 5.74) is 4.18. The van der Waals surface area contributed by atoms with Crippen molar-refractivity contribution in [3.63, 3.8) is 0 Å². The van der Waals surface area contributed by atoms with E-state index >= 15 is 0 Å². The number of amides is 2. The standard InChI is InChI=1S/C23H14Cl4F3N3O2/c24-12-3-1-9(7-13(12)25)17-18(23(17,26)27)22(35)32-10-2-4-14(28)11(8-10)21(34)33-16-6-5-15(29)20(31)19(16)30/h1-8,17-18H,31H2,(H,32,35)(H,33,34)/t17-,18?/m0/s1. The van der Waals surface area contributed by atoms with Crippen molar-refractivity contribution in [2.75, 3.05) is 16.4 Å². The van der Waals surface area contributed by atoms with E-state index in [-0.39, 0.29) is 10.7 Å². The Bertz CT molecular complexity index is 1370. The van der Waals surface area contributed by atoms with Gasteiger partial charge < -0.3 is 16.4 Å². The molecule has 4 N–H and O–H groups in total. The van der Waals surface area contributed by atoms with Gasteiger partial charge in [0.2, 0.25) is 5.91 Å². The molecule has 0 heterocycles. The minimum absolute atomic E-state index is 0.0598. The average molecular weight is 563 g/mol. The first kappa shape index (κ1) is 25.4. The molecule has 1 unspecified atom stereocenters. The van der Waals surface area contributed by atoms with Crippen LogP contribution in [-0.2, 0) is 4.79 Å². The van der Waals surface area contributed by atoms with Crippen molar-refractivity contribution in [1.29, 1.82) is 0 Å². The Morgan fingerprint density at radius 3 is 2.26 bits per heavy atom. The minimum atomic E-state index is -1.43. The Kier molecular flexibility index (Phi) is 6.85. The minimum Gasteiger partial charge on any atom is -0.394 e. The summed E-state index contributed by atoms with van der Waals surface area (Å²) in [6.07, 6.45) is 0. The van der Waals surface area contributed by atoms with Crippen molar-refractivity contribution in [2.24, 2.45) is 5.92 Å². The highest BCUT2D eigenvalue weighted by Gasteiger charge is 2.67. The lowest BCUT2D eigenvalue weighted by Gasteiger charge is -2.11. The summed E-state index contributed by atoms with van der Waals surface area (Å²) < 4.78 is 40.4. The first-order valence-corrected chi connectivity index (χ1v) is 11.4. The van der Waals surface area contributed by atoms with Gasteiger partial charge in [-0.1, -0.05) is 29.3 Å². The van der Waals surface area contributed by atoms with Crippen LogP contribution >= 0.6 is 46.4 Å². The van der Waals surface area contributed by atoms with Crippen molar-refractivity contribution in [3.05, 3.63) is 87.2 Å². The third-order valence-corrected chi connectivity index (χ3v) is 7.17. The maximum Gasteiger partial charge on any atom is 0.258 e. The third kappa shape index (κ3) is 4.89. The number of rotatable bonds is 5. The number of alkyl halides is 2. The van der Waals surface area contributed by atoms with Gasteiger partial charge in [0.1, 0.15) is 21.7 Å². The van der Waals surface area contributed by atoms with E-state index in [0.29, 0.717) is 10.6 Å². The molecule has 182 valence electrons. The number of hydrogen-bond acceptors (Lipinski definition) is 3. The van der Waals surface area contributed by atoms with Crippen LogP contribution in [0.15, 0.2) is 48.5 Å². The third-order valence-electron chi connectivity index (χ3n) is 5.49. The van der Waals surface area contributed by atoms with Gasteiger partial charge >= 0.3 is 0 Å². The number of carbonyl (C=O) groups is 2. The van der Waals surface area contributed by atoms with Crippen LogP contribution in [0.5, 0.6) is 0 Å². The van der Waals surface area contributed by atoms with Crippen LogP contribution in [0.4, 0.5) is 30.2 Å². The van der Waals surface area contributed by atoms with Crippen LogP contribution < -0.4 is 16.4 Å². The fourth-order valence-corrected chi connectivity index (χ4v) is 4.76. The quantitative estimate of drug-likeness (QED) is 0.237. The van der Waals surface area contributed by atoms with E-state index in [0.717, 1.165) is 24.3 Å². The van der Waals surface area contributed by atoms with Gasteiger partial charge in [0.05, 0.1) is 27.2 Å². The predicted molar refractivity (Wildman–Crippen MR) is 131 cm³/mol. The number of benzene rings is 3. The van der Waals surface area contributed by atoms with Gasteiger partial charge in [-0.15, -0.1) is 23.2 Å². The van der Waals surface area contributed by atoms with Crippen LogP contribution in [-0.4, -0.2) is 16.1 Å². The number of nitrogens with two attached hydrogens (primary N) is 1. The zero-order chi connectivity index (χ0) is 25.7. The van der Waals surface area contributed by atoms with Crippen LogP contribution in [0.1, 0.15) is 21.8 Å². The molecule has 1 aliphatic rings. The van der Waals surface area contributed by atoms with Crippen molar-refractivity contribution < 1.29 is 22.8 Å². The second-order valence-corrected chi connectivity index (χ2v) is 10.0. The van der Waals surface area contributed by atoms with E-state index in [1.165, 1.54) is 6.07 Å². The second kappa shape index (κ2) is 9.43. The summed E-state index contributed by atoms with van der Waals surface area (Å²) in [4.78, 5) is 25.4. The molecule has 2 atom stereocenters. The molecular weight excluding hydrogens is 549 g/mol. The van der Waals surface area contributed by atoms with Gasteiger partial charge in [-0.2, -0.15) is 0 Å². The fourth-order valence-electron chi connectivity index (χ4n) is 3.63. The molecule has 0 bridgehead atoms. The molecule has 0 saturated heterocycles. The van der Waals surface area contributed by atoms with Gasteiger partial charge in [-0.25, -0.2) is 13.2 Å². The fraction of sp³-hybridized carbons (Fsp3) is 0.130. The van der Waals surface area contributed by atoms with Gasteiger partial charge in [-0.05, 0) is 48.0 Å². The molecule has 5 nitrogen and oxygen atoms in total. The summed E-state index contributed by atoms with van der Waals surface area (Å²) >= 11 is 24.6. The Morgan fingerprint density at radius 1 is 0.886 bits per heavy atom. The maximum absolute atomic E-state index is 14.3. The smallest absolute Gasteiger partial charge is 0.258 e. The zero-order valence-corrected chi connectivity index (χ0v) is 20.3.